The molecule has 0 bridgehead atoms. The zero-order valence-corrected chi connectivity index (χ0v) is 12.0. The zero-order valence-electron chi connectivity index (χ0n) is 11.1. The summed E-state index contributed by atoms with van der Waals surface area (Å²) in [6.45, 7) is 0. The first-order chi connectivity index (χ1) is 9.82. The van der Waals surface area contributed by atoms with Gasteiger partial charge in [-0.2, -0.15) is 13.2 Å². The van der Waals surface area contributed by atoms with E-state index in [1.54, 1.807) is 0 Å². The second kappa shape index (κ2) is 5.82. The van der Waals surface area contributed by atoms with E-state index in [9.17, 15) is 18.0 Å². The molecule has 1 aromatic carbocycles. The third-order valence-corrected chi connectivity index (χ3v) is 3.61. The molecular weight excluding hydrogens is 305 g/mol. The highest BCUT2D eigenvalue weighted by molar-refractivity contribution is 7.13. The standard InChI is InChI=1S/C13H11F3N2O2S/c1-18(20-2)12(19)10-7-21-11(17-10)8-4-3-5-9(6-8)13(14,15)16/h3-7H,1-2H3. The van der Waals surface area contributed by atoms with Crippen LogP contribution in [-0.4, -0.2) is 30.1 Å². The smallest absolute Gasteiger partial charge is 0.274 e. The van der Waals surface area contributed by atoms with Gasteiger partial charge in [0.25, 0.3) is 5.91 Å². The number of amides is 1. The van der Waals surface area contributed by atoms with Crippen molar-refractivity contribution >= 4 is 17.2 Å². The summed E-state index contributed by atoms with van der Waals surface area (Å²) in [6.07, 6.45) is -4.41. The average molecular weight is 316 g/mol. The van der Waals surface area contributed by atoms with Crippen LogP contribution in [0.4, 0.5) is 13.2 Å². The minimum absolute atomic E-state index is 0.122. The third-order valence-electron chi connectivity index (χ3n) is 2.72. The number of aromatic nitrogens is 1. The molecule has 112 valence electrons. The van der Waals surface area contributed by atoms with Crippen LogP contribution in [0.3, 0.4) is 0 Å². The normalized spacial score (nSPS) is 11.5. The summed E-state index contributed by atoms with van der Waals surface area (Å²) in [5.41, 5.74) is -0.317. The van der Waals surface area contributed by atoms with Crippen LogP contribution in [0.25, 0.3) is 10.6 Å². The molecule has 0 aliphatic rings. The summed E-state index contributed by atoms with van der Waals surface area (Å²) in [7, 11) is 2.75. The molecule has 0 aliphatic carbocycles. The van der Waals surface area contributed by atoms with Crippen molar-refractivity contribution in [2.24, 2.45) is 0 Å². The summed E-state index contributed by atoms with van der Waals surface area (Å²) in [6, 6.07) is 4.82. The lowest BCUT2D eigenvalue weighted by Gasteiger charge is -2.11. The average Bonchev–Trinajstić information content (AvgIpc) is 2.94. The minimum atomic E-state index is -4.41. The number of carbonyl (C=O) groups is 1. The molecule has 2 aromatic rings. The Morgan fingerprint density at radius 3 is 2.71 bits per heavy atom. The number of nitrogens with zero attached hydrogens (tertiary/aromatic N) is 2. The van der Waals surface area contributed by atoms with Crippen LogP contribution in [0.2, 0.25) is 0 Å². The fraction of sp³-hybridized carbons (Fsp3) is 0.231. The maximum Gasteiger partial charge on any atom is 0.416 e. The van der Waals surface area contributed by atoms with Gasteiger partial charge in [0.05, 0.1) is 12.7 Å². The summed E-state index contributed by atoms with van der Waals surface area (Å²) < 4.78 is 38.0. The molecule has 0 saturated heterocycles. The van der Waals surface area contributed by atoms with Gasteiger partial charge in [-0.1, -0.05) is 12.1 Å². The molecule has 0 N–H and O–H groups in total. The number of benzene rings is 1. The largest absolute Gasteiger partial charge is 0.416 e. The lowest BCUT2D eigenvalue weighted by Crippen LogP contribution is -2.25. The number of rotatable bonds is 3. The molecule has 4 nitrogen and oxygen atoms in total. The number of halogens is 3. The number of thiazole rings is 1. The summed E-state index contributed by atoms with van der Waals surface area (Å²) in [4.78, 5) is 20.6. The molecule has 1 aromatic heterocycles. The predicted octanol–water partition coefficient (Wildman–Crippen LogP) is 3.46. The van der Waals surface area contributed by atoms with Gasteiger partial charge < -0.3 is 0 Å². The first kappa shape index (κ1) is 15.5. The molecular formula is C13H11F3N2O2S. The van der Waals surface area contributed by atoms with Gasteiger partial charge in [0, 0.05) is 18.0 Å². The topological polar surface area (TPSA) is 42.4 Å². The van der Waals surface area contributed by atoms with Crippen LogP contribution >= 0.6 is 11.3 Å². The van der Waals surface area contributed by atoms with Gasteiger partial charge in [0.2, 0.25) is 0 Å². The first-order valence-corrected chi connectivity index (χ1v) is 6.66. The van der Waals surface area contributed by atoms with Crippen LogP contribution in [0, 0.1) is 0 Å². The van der Waals surface area contributed by atoms with Crippen molar-refractivity contribution < 1.29 is 22.8 Å². The monoisotopic (exact) mass is 316 g/mol. The van der Waals surface area contributed by atoms with E-state index in [1.165, 1.54) is 31.7 Å². The van der Waals surface area contributed by atoms with Crippen LogP contribution in [0.15, 0.2) is 29.6 Å². The SMILES string of the molecule is CON(C)C(=O)c1csc(-c2cccc(C(F)(F)F)c2)n1. The Labute approximate surface area is 122 Å². The van der Waals surface area contributed by atoms with E-state index in [0.29, 0.717) is 10.6 Å². The van der Waals surface area contributed by atoms with Gasteiger partial charge in [0.1, 0.15) is 10.7 Å². The lowest BCUT2D eigenvalue weighted by molar-refractivity contribution is -0.137. The van der Waals surface area contributed by atoms with Crippen LogP contribution in [-0.2, 0) is 11.0 Å². The van der Waals surface area contributed by atoms with Crippen molar-refractivity contribution in [2.75, 3.05) is 14.2 Å². The van der Waals surface area contributed by atoms with Crippen molar-refractivity contribution in [3.8, 4) is 10.6 Å². The van der Waals surface area contributed by atoms with Crippen molar-refractivity contribution in [1.29, 1.82) is 0 Å². The van der Waals surface area contributed by atoms with Crippen molar-refractivity contribution in [1.82, 2.24) is 10.0 Å². The van der Waals surface area contributed by atoms with Gasteiger partial charge >= 0.3 is 6.18 Å². The maximum atomic E-state index is 12.7. The molecule has 1 amide bonds. The van der Waals surface area contributed by atoms with Gasteiger partial charge in [0.15, 0.2) is 0 Å². The molecule has 0 unspecified atom stereocenters. The highest BCUT2D eigenvalue weighted by atomic mass is 32.1. The Hall–Kier alpha value is -1.93. The van der Waals surface area contributed by atoms with Crippen LogP contribution in [0.5, 0.6) is 0 Å². The van der Waals surface area contributed by atoms with Gasteiger partial charge in [-0.3, -0.25) is 9.63 Å². The molecule has 0 radical (unpaired) electrons. The van der Waals surface area contributed by atoms with Crippen molar-refractivity contribution in [3.63, 3.8) is 0 Å². The van der Waals surface area contributed by atoms with Crippen LogP contribution < -0.4 is 0 Å². The highest BCUT2D eigenvalue weighted by Gasteiger charge is 2.30. The molecule has 21 heavy (non-hydrogen) atoms. The van der Waals surface area contributed by atoms with E-state index < -0.39 is 17.6 Å². The molecule has 8 heteroatoms. The number of carbonyl (C=O) groups excluding carboxylic acids is 1. The number of alkyl halides is 3. The lowest BCUT2D eigenvalue weighted by atomic mass is 10.1. The molecule has 2 rings (SSSR count). The molecule has 0 atom stereocenters. The van der Waals surface area contributed by atoms with E-state index in [0.717, 1.165) is 28.5 Å². The second-order valence-corrected chi connectivity index (χ2v) is 4.96. The van der Waals surface area contributed by atoms with E-state index >= 15 is 0 Å². The zero-order chi connectivity index (χ0) is 15.6. The third kappa shape index (κ3) is 3.40. The molecule has 0 aliphatic heterocycles. The summed E-state index contributed by atoms with van der Waals surface area (Å²) in [5.74, 6) is -0.466. The predicted molar refractivity (Wildman–Crippen MR) is 71.7 cm³/mol. The maximum absolute atomic E-state index is 12.7. The molecule has 0 fully saturated rings. The van der Waals surface area contributed by atoms with E-state index in [-0.39, 0.29) is 5.69 Å². The van der Waals surface area contributed by atoms with Gasteiger partial charge in [-0.05, 0) is 12.1 Å². The fourth-order valence-electron chi connectivity index (χ4n) is 1.58. The Morgan fingerprint density at radius 1 is 1.38 bits per heavy atom. The number of hydrogen-bond acceptors (Lipinski definition) is 4. The summed E-state index contributed by atoms with van der Waals surface area (Å²) in [5, 5.41) is 2.81. The van der Waals surface area contributed by atoms with E-state index in [1.807, 2.05) is 0 Å². The second-order valence-electron chi connectivity index (χ2n) is 4.10. The number of hydroxylamine groups is 2. The Kier molecular flexibility index (Phi) is 4.29. The highest BCUT2D eigenvalue weighted by Crippen LogP contribution is 2.33. The summed E-state index contributed by atoms with van der Waals surface area (Å²) >= 11 is 1.10. The number of hydrogen-bond donors (Lipinski definition) is 0. The quantitative estimate of drug-likeness (QED) is 0.814. The minimum Gasteiger partial charge on any atom is -0.274 e. The Balaban J connectivity index is 2.32. The fourth-order valence-corrected chi connectivity index (χ4v) is 2.37. The molecule has 0 spiro atoms. The molecule has 0 saturated carbocycles. The Bertz CT molecular complexity index is 655. The van der Waals surface area contributed by atoms with Gasteiger partial charge in [-0.25, -0.2) is 10.0 Å². The Morgan fingerprint density at radius 2 is 2.10 bits per heavy atom. The van der Waals surface area contributed by atoms with E-state index in [2.05, 4.69) is 4.98 Å². The van der Waals surface area contributed by atoms with E-state index in [4.69, 9.17) is 4.84 Å². The molecule has 1 heterocycles. The van der Waals surface area contributed by atoms with Crippen LogP contribution in [0.1, 0.15) is 16.1 Å². The van der Waals surface area contributed by atoms with Crippen molar-refractivity contribution in [2.45, 2.75) is 6.18 Å². The van der Waals surface area contributed by atoms with Crippen molar-refractivity contribution in [3.05, 3.63) is 40.9 Å². The first-order valence-electron chi connectivity index (χ1n) is 5.78. The van der Waals surface area contributed by atoms with Gasteiger partial charge in [-0.15, -0.1) is 11.3 Å².